The van der Waals surface area contributed by atoms with Gasteiger partial charge in [-0.2, -0.15) is 13.2 Å². The molecule has 0 bridgehead atoms. The highest BCUT2D eigenvalue weighted by Crippen LogP contribution is 2.39. The number of benzene rings is 1. The molecule has 5 nitrogen and oxygen atoms in total. The van der Waals surface area contributed by atoms with E-state index in [9.17, 15) is 13.2 Å². The third kappa shape index (κ3) is 3.18. The number of fused-ring (bicyclic) bond motifs is 1. The third-order valence-corrected chi connectivity index (χ3v) is 3.45. The van der Waals surface area contributed by atoms with Crippen LogP contribution in [0.2, 0.25) is 0 Å². The lowest BCUT2D eigenvalue weighted by molar-refractivity contribution is -0.136. The summed E-state index contributed by atoms with van der Waals surface area (Å²) in [4.78, 5) is 6.70. The zero-order valence-electron chi connectivity index (χ0n) is 12.3. The molecule has 24 heavy (non-hydrogen) atoms. The minimum absolute atomic E-state index is 0.116. The summed E-state index contributed by atoms with van der Waals surface area (Å²) in [5.41, 5.74) is 8.00. The van der Waals surface area contributed by atoms with Crippen LogP contribution in [0.4, 0.5) is 13.2 Å². The van der Waals surface area contributed by atoms with Gasteiger partial charge in [0.1, 0.15) is 11.3 Å². The van der Waals surface area contributed by atoms with Crippen LogP contribution in [0.1, 0.15) is 11.3 Å². The van der Waals surface area contributed by atoms with Crippen LogP contribution >= 0.6 is 0 Å². The Labute approximate surface area is 134 Å². The SMILES string of the molecule is [N-]=[N+]=NCCc1cc2cc(-c3ccccn3)cc(C(F)(F)F)c2o1. The summed E-state index contributed by atoms with van der Waals surface area (Å²) >= 11 is 0. The predicted octanol–water partition coefficient (Wildman–Crippen LogP) is 5.37. The van der Waals surface area contributed by atoms with Gasteiger partial charge in [-0.05, 0) is 35.9 Å². The van der Waals surface area contributed by atoms with E-state index in [1.807, 2.05) is 0 Å². The molecule has 0 spiro atoms. The topological polar surface area (TPSA) is 74.8 Å². The van der Waals surface area contributed by atoms with Crippen LogP contribution < -0.4 is 0 Å². The molecule has 0 N–H and O–H groups in total. The zero-order valence-corrected chi connectivity index (χ0v) is 12.3. The van der Waals surface area contributed by atoms with Crippen LogP contribution in [0, 0.1) is 0 Å². The summed E-state index contributed by atoms with van der Waals surface area (Å²) in [6.45, 7) is 0.116. The molecule has 0 aliphatic heterocycles. The molecule has 0 aliphatic rings. The molecular weight excluding hydrogens is 321 g/mol. The van der Waals surface area contributed by atoms with E-state index in [4.69, 9.17) is 9.95 Å². The van der Waals surface area contributed by atoms with Crippen molar-refractivity contribution >= 4 is 11.0 Å². The smallest absolute Gasteiger partial charge is 0.420 e. The van der Waals surface area contributed by atoms with Crippen molar-refractivity contribution in [1.29, 1.82) is 0 Å². The first-order valence-corrected chi connectivity index (χ1v) is 7.05. The molecule has 2 aromatic heterocycles. The average molecular weight is 332 g/mol. The second kappa shape index (κ2) is 6.25. The van der Waals surface area contributed by atoms with Gasteiger partial charge in [-0.1, -0.05) is 11.2 Å². The van der Waals surface area contributed by atoms with Gasteiger partial charge in [-0.15, -0.1) is 0 Å². The van der Waals surface area contributed by atoms with Gasteiger partial charge in [-0.3, -0.25) is 4.98 Å². The number of rotatable bonds is 4. The summed E-state index contributed by atoms with van der Waals surface area (Å²) in [6.07, 6.45) is -2.80. The Morgan fingerprint density at radius 3 is 2.71 bits per heavy atom. The Morgan fingerprint density at radius 2 is 2.04 bits per heavy atom. The van der Waals surface area contributed by atoms with Crippen molar-refractivity contribution in [3.05, 3.63) is 64.4 Å². The molecule has 0 radical (unpaired) electrons. The van der Waals surface area contributed by atoms with Gasteiger partial charge >= 0.3 is 6.18 Å². The van der Waals surface area contributed by atoms with Crippen LogP contribution in [0.3, 0.4) is 0 Å². The maximum absolute atomic E-state index is 13.4. The van der Waals surface area contributed by atoms with Gasteiger partial charge in [0.25, 0.3) is 0 Å². The lowest BCUT2D eigenvalue weighted by Gasteiger charge is -2.09. The minimum atomic E-state index is -4.55. The molecule has 122 valence electrons. The molecule has 1 aromatic carbocycles. The van der Waals surface area contributed by atoms with E-state index in [1.165, 1.54) is 12.3 Å². The Kier molecular flexibility index (Phi) is 4.14. The molecule has 0 atom stereocenters. The van der Waals surface area contributed by atoms with Crippen LogP contribution in [-0.2, 0) is 12.6 Å². The number of halogens is 3. The molecule has 0 unspecified atom stereocenters. The number of alkyl halides is 3. The van der Waals surface area contributed by atoms with E-state index in [0.717, 1.165) is 6.07 Å². The highest BCUT2D eigenvalue weighted by molar-refractivity contribution is 5.87. The van der Waals surface area contributed by atoms with Crippen molar-refractivity contribution < 1.29 is 17.6 Å². The molecule has 0 fully saturated rings. The monoisotopic (exact) mass is 332 g/mol. The Bertz CT molecular complexity index is 912. The highest BCUT2D eigenvalue weighted by atomic mass is 19.4. The van der Waals surface area contributed by atoms with Gasteiger partial charge in [0.15, 0.2) is 0 Å². The van der Waals surface area contributed by atoms with E-state index in [-0.39, 0.29) is 18.5 Å². The fraction of sp³-hybridized carbons (Fsp3) is 0.188. The lowest BCUT2D eigenvalue weighted by atomic mass is 10.0. The summed E-state index contributed by atoms with van der Waals surface area (Å²) in [7, 11) is 0. The van der Waals surface area contributed by atoms with Crippen molar-refractivity contribution in [3.8, 4) is 11.3 Å². The molecule has 3 aromatic rings. The average Bonchev–Trinajstić information content (AvgIpc) is 2.96. The quantitative estimate of drug-likeness (QED) is 0.366. The van der Waals surface area contributed by atoms with Crippen molar-refractivity contribution in [2.75, 3.05) is 6.54 Å². The van der Waals surface area contributed by atoms with Crippen molar-refractivity contribution in [2.45, 2.75) is 12.6 Å². The summed E-state index contributed by atoms with van der Waals surface area (Å²) < 4.78 is 45.5. The zero-order chi connectivity index (χ0) is 17.2. The van der Waals surface area contributed by atoms with Crippen LogP contribution in [0.25, 0.3) is 32.7 Å². The Balaban J connectivity index is 2.14. The van der Waals surface area contributed by atoms with Gasteiger partial charge < -0.3 is 4.42 Å². The van der Waals surface area contributed by atoms with Crippen molar-refractivity contribution in [2.24, 2.45) is 5.11 Å². The number of furan rings is 1. The molecule has 0 saturated heterocycles. The molecule has 0 saturated carbocycles. The van der Waals surface area contributed by atoms with Gasteiger partial charge in [0.2, 0.25) is 0 Å². The number of nitrogens with zero attached hydrogens (tertiary/aromatic N) is 4. The number of hydrogen-bond donors (Lipinski definition) is 0. The highest BCUT2D eigenvalue weighted by Gasteiger charge is 2.35. The van der Waals surface area contributed by atoms with Crippen LogP contribution in [-0.4, -0.2) is 11.5 Å². The maximum atomic E-state index is 13.4. The third-order valence-electron chi connectivity index (χ3n) is 3.45. The number of aromatic nitrogens is 1. The molecule has 3 rings (SSSR count). The lowest BCUT2D eigenvalue weighted by Crippen LogP contribution is -2.05. The molecule has 2 heterocycles. The second-order valence-electron chi connectivity index (χ2n) is 5.07. The predicted molar refractivity (Wildman–Crippen MR) is 82.2 cm³/mol. The van der Waals surface area contributed by atoms with Gasteiger partial charge in [0, 0.05) is 35.0 Å². The molecule has 8 heteroatoms. The summed E-state index contributed by atoms with van der Waals surface area (Å²) in [5, 5.41) is 3.70. The number of azide groups is 1. The maximum Gasteiger partial charge on any atom is 0.420 e. The van der Waals surface area contributed by atoms with Crippen molar-refractivity contribution in [1.82, 2.24) is 4.98 Å². The Morgan fingerprint density at radius 1 is 1.21 bits per heavy atom. The van der Waals surface area contributed by atoms with Crippen LogP contribution in [0.5, 0.6) is 0 Å². The fourth-order valence-electron chi connectivity index (χ4n) is 2.43. The first kappa shape index (κ1) is 15.9. The van der Waals surface area contributed by atoms with E-state index < -0.39 is 11.7 Å². The minimum Gasteiger partial charge on any atom is -0.460 e. The second-order valence-corrected chi connectivity index (χ2v) is 5.07. The van der Waals surface area contributed by atoms with E-state index in [1.54, 1.807) is 24.3 Å². The fourth-order valence-corrected chi connectivity index (χ4v) is 2.43. The standard InChI is InChI=1S/C16H11F3N4O/c17-16(18,19)13-9-10(14-3-1-2-5-21-14)7-11-8-12(24-15(11)13)4-6-22-23-20/h1-3,5,7-9H,4,6H2. The molecule has 0 amide bonds. The summed E-state index contributed by atoms with van der Waals surface area (Å²) in [5.74, 6) is 0.334. The first-order valence-electron chi connectivity index (χ1n) is 7.05. The number of pyridine rings is 1. The van der Waals surface area contributed by atoms with E-state index >= 15 is 0 Å². The van der Waals surface area contributed by atoms with Crippen molar-refractivity contribution in [3.63, 3.8) is 0 Å². The van der Waals surface area contributed by atoms with E-state index in [0.29, 0.717) is 22.4 Å². The Hall–Kier alpha value is -2.99. The van der Waals surface area contributed by atoms with E-state index in [2.05, 4.69) is 15.0 Å². The molecule has 0 aliphatic carbocycles. The van der Waals surface area contributed by atoms with Gasteiger partial charge in [-0.25, -0.2) is 0 Å². The summed E-state index contributed by atoms with van der Waals surface area (Å²) in [6, 6.07) is 9.21. The normalized spacial score (nSPS) is 11.5. The largest absolute Gasteiger partial charge is 0.460 e. The number of hydrogen-bond acceptors (Lipinski definition) is 3. The first-order chi connectivity index (χ1) is 11.5. The molecular formula is C16H11F3N4O. The van der Waals surface area contributed by atoms with Crippen LogP contribution in [0.15, 0.2) is 52.1 Å². The van der Waals surface area contributed by atoms with Gasteiger partial charge in [0.05, 0.1) is 11.3 Å².